The summed E-state index contributed by atoms with van der Waals surface area (Å²) in [4.78, 5) is 0. The SMILES string of the molecule is NC1=C(Cl)C(N)SS1. The van der Waals surface area contributed by atoms with Gasteiger partial charge in [-0.15, -0.1) is 0 Å². The van der Waals surface area contributed by atoms with E-state index in [-0.39, 0.29) is 5.37 Å². The fourth-order valence-electron chi connectivity index (χ4n) is 0.326. The normalized spacial score (nSPS) is 29.5. The van der Waals surface area contributed by atoms with Crippen LogP contribution in [0.2, 0.25) is 0 Å². The Morgan fingerprint density at radius 1 is 1.62 bits per heavy atom. The van der Waals surface area contributed by atoms with Crippen molar-refractivity contribution in [3.05, 3.63) is 10.1 Å². The Labute approximate surface area is 60.4 Å². The van der Waals surface area contributed by atoms with Crippen LogP contribution in [-0.2, 0) is 0 Å². The molecule has 5 heteroatoms. The summed E-state index contributed by atoms with van der Waals surface area (Å²) in [5.41, 5.74) is 10.8. The molecule has 1 aliphatic rings. The summed E-state index contributed by atoms with van der Waals surface area (Å²) < 4.78 is 0. The highest BCUT2D eigenvalue weighted by atomic mass is 35.5. The van der Waals surface area contributed by atoms with Gasteiger partial charge in [0, 0.05) is 0 Å². The van der Waals surface area contributed by atoms with E-state index in [2.05, 4.69) is 0 Å². The zero-order chi connectivity index (χ0) is 6.15. The van der Waals surface area contributed by atoms with Crippen LogP contribution >= 0.6 is 33.2 Å². The largest absolute Gasteiger partial charge is 0.392 e. The van der Waals surface area contributed by atoms with Crippen molar-refractivity contribution < 1.29 is 0 Å². The predicted molar refractivity (Wildman–Crippen MR) is 40.2 cm³/mol. The van der Waals surface area contributed by atoms with Gasteiger partial charge < -0.3 is 11.5 Å². The molecule has 0 bridgehead atoms. The average Bonchev–Trinajstić information content (AvgIpc) is 1.98. The molecule has 1 aliphatic heterocycles. The fraction of sp³-hybridized carbons (Fsp3) is 0.333. The molecule has 0 amide bonds. The van der Waals surface area contributed by atoms with Gasteiger partial charge in [0.25, 0.3) is 0 Å². The molecule has 1 rings (SSSR count). The van der Waals surface area contributed by atoms with E-state index < -0.39 is 0 Å². The highest BCUT2D eigenvalue weighted by molar-refractivity contribution is 8.78. The highest BCUT2D eigenvalue weighted by Crippen LogP contribution is 2.43. The lowest BCUT2D eigenvalue weighted by Crippen LogP contribution is -2.12. The molecule has 0 aliphatic carbocycles. The van der Waals surface area contributed by atoms with E-state index in [9.17, 15) is 0 Å². The van der Waals surface area contributed by atoms with Crippen molar-refractivity contribution in [1.82, 2.24) is 0 Å². The molecule has 1 unspecified atom stereocenters. The van der Waals surface area contributed by atoms with Crippen molar-refractivity contribution >= 4 is 33.2 Å². The molecule has 0 aromatic carbocycles. The molecule has 0 aromatic heterocycles. The quantitative estimate of drug-likeness (QED) is 0.531. The minimum atomic E-state index is -0.110. The van der Waals surface area contributed by atoms with Gasteiger partial charge in [0.2, 0.25) is 0 Å². The first-order valence-corrected chi connectivity index (χ1v) is 4.55. The molecule has 46 valence electrons. The van der Waals surface area contributed by atoms with Crippen LogP contribution in [0, 0.1) is 0 Å². The van der Waals surface area contributed by atoms with Gasteiger partial charge in [0.15, 0.2) is 0 Å². The first-order valence-electron chi connectivity index (χ1n) is 1.96. The van der Waals surface area contributed by atoms with Crippen molar-refractivity contribution in [2.45, 2.75) is 5.37 Å². The molecule has 1 atom stereocenters. The molecule has 0 spiro atoms. The van der Waals surface area contributed by atoms with Crippen LogP contribution in [0.4, 0.5) is 0 Å². The molecule has 0 fully saturated rings. The van der Waals surface area contributed by atoms with Crippen LogP contribution in [0.1, 0.15) is 0 Å². The Bertz CT molecular complexity index is 135. The van der Waals surface area contributed by atoms with Gasteiger partial charge in [-0.1, -0.05) is 22.4 Å². The molecule has 0 saturated carbocycles. The number of hydrogen-bond donors (Lipinski definition) is 2. The van der Waals surface area contributed by atoms with Gasteiger partial charge in [-0.2, -0.15) is 0 Å². The maximum atomic E-state index is 5.60. The van der Waals surface area contributed by atoms with Gasteiger partial charge in [-0.05, 0) is 10.8 Å². The fourth-order valence-corrected chi connectivity index (χ4v) is 2.75. The summed E-state index contributed by atoms with van der Waals surface area (Å²) in [6, 6.07) is 0. The summed E-state index contributed by atoms with van der Waals surface area (Å²) in [5, 5.41) is 1.12. The molecule has 0 saturated heterocycles. The van der Waals surface area contributed by atoms with Crippen LogP contribution in [0.3, 0.4) is 0 Å². The zero-order valence-corrected chi connectivity index (χ0v) is 6.32. The smallest absolute Gasteiger partial charge is 0.101 e. The number of nitrogens with two attached hydrogens (primary N) is 2. The Morgan fingerprint density at radius 3 is 2.38 bits per heavy atom. The summed E-state index contributed by atoms with van der Waals surface area (Å²) in [5.74, 6) is 0. The minimum absolute atomic E-state index is 0.110. The molecule has 0 radical (unpaired) electrons. The second kappa shape index (κ2) is 2.39. The third kappa shape index (κ3) is 1.07. The summed E-state index contributed by atoms with van der Waals surface area (Å²) in [7, 11) is 2.91. The second-order valence-corrected chi connectivity index (χ2v) is 4.10. The topological polar surface area (TPSA) is 52.0 Å². The Morgan fingerprint density at radius 2 is 2.25 bits per heavy atom. The Hall–Kier alpha value is 0.490. The summed E-state index contributed by atoms with van der Waals surface area (Å²) >= 11 is 5.60. The third-order valence-corrected chi connectivity index (χ3v) is 3.79. The van der Waals surface area contributed by atoms with Crippen LogP contribution in [0.15, 0.2) is 10.1 Å². The zero-order valence-electron chi connectivity index (χ0n) is 3.93. The lowest BCUT2D eigenvalue weighted by atomic mass is 10.6. The molecule has 2 nitrogen and oxygen atoms in total. The monoisotopic (exact) mass is 168 g/mol. The molecule has 1 heterocycles. The maximum Gasteiger partial charge on any atom is 0.101 e. The van der Waals surface area contributed by atoms with Gasteiger partial charge in [0.05, 0.1) is 10.1 Å². The molecule has 4 N–H and O–H groups in total. The van der Waals surface area contributed by atoms with E-state index in [1.807, 2.05) is 0 Å². The first kappa shape index (κ1) is 6.61. The average molecular weight is 169 g/mol. The summed E-state index contributed by atoms with van der Waals surface area (Å²) in [6.45, 7) is 0. The summed E-state index contributed by atoms with van der Waals surface area (Å²) in [6.07, 6.45) is 0. The van der Waals surface area contributed by atoms with Crippen molar-refractivity contribution in [3.63, 3.8) is 0 Å². The molecular weight excluding hydrogens is 164 g/mol. The second-order valence-electron chi connectivity index (χ2n) is 1.31. The number of rotatable bonds is 0. The van der Waals surface area contributed by atoms with E-state index in [1.54, 1.807) is 0 Å². The van der Waals surface area contributed by atoms with Gasteiger partial charge in [0.1, 0.15) is 5.37 Å². The first-order chi connectivity index (χ1) is 3.72. The van der Waals surface area contributed by atoms with Gasteiger partial charge >= 0.3 is 0 Å². The molecule has 8 heavy (non-hydrogen) atoms. The van der Waals surface area contributed by atoms with Gasteiger partial charge in [-0.25, -0.2) is 0 Å². The molecular formula is C3H5ClN2S2. The van der Waals surface area contributed by atoms with E-state index in [0.29, 0.717) is 10.1 Å². The van der Waals surface area contributed by atoms with E-state index >= 15 is 0 Å². The van der Waals surface area contributed by atoms with Crippen LogP contribution in [0.25, 0.3) is 0 Å². The van der Waals surface area contributed by atoms with Crippen LogP contribution in [0.5, 0.6) is 0 Å². The van der Waals surface area contributed by atoms with E-state index in [4.69, 9.17) is 23.1 Å². The van der Waals surface area contributed by atoms with E-state index in [1.165, 1.54) is 21.6 Å². The van der Waals surface area contributed by atoms with Crippen LogP contribution < -0.4 is 11.5 Å². The molecule has 0 aromatic rings. The standard InChI is InChI=1S/C3H5ClN2S2/c4-1-2(5)7-8-3(1)6/h2H,5-6H2. The van der Waals surface area contributed by atoms with E-state index in [0.717, 1.165) is 0 Å². The maximum absolute atomic E-state index is 5.60. The number of halogens is 1. The van der Waals surface area contributed by atoms with Gasteiger partial charge in [-0.3, -0.25) is 0 Å². The lowest BCUT2D eigenvalue weighted by molar-refractivity contribution is 1.14. The van der Waals surface area contributed by atoms with Crippen molar-refractivity contribution in [1.29, 1.82) is 0 Å². The minimum Gasteiger partial charge on any atom is -0.392 e. The Kier molecular flexibility index (Phi) is 1.97. The highest BCUT2D eigenvalue weighted by Gasteiger charge is 2.19. The predicted octanol–water partition coefficient (Wildman–Crippen LogP) is 1.03. The third-order valence-electron chi connectivity index (χ3n) is 0.727. The van der Waals surface area contributed by atoms with Crippen molar-refractivity contribution in [2.75, 3.05) is 0 Å². The van der Waals surface area contributed by atoms with Crippen molar-refractivity contribution in [3.8, 4) is 0 Å². The lowest BCUT2D eigenvalue weighted by Gasteiger charge is -1.94. The number of hydrogen-bond acceptors (Lipinski definition) is 4. The van der Waals surface area contributed by atoms with Crippen molar-refractivity contribution in [2.24, 2.45) is 11.5 Å². The Balaban J connectivity index is 2.71. The van der Waals surface area contributed by atoms with Crippen LogP contribution in [-0.4, -0.2) is 5.37 Å².